The van der Waals surface area contributed by atoms with Gasteiger partial charge in [0.2, 0.25) is 11.8 Å². The van der Waals surface area contributed by atoms with Crippen molar-refractivity contribution in [1.82, 2.24) is 24.6 Å². The molecule has 1 fully saturated rings. The lowest BCUT2D eigenvalue weighted by atomic mass is 10.1. The van der Waals surface area contributed by atoms with Crippen LogP contribution in [-0.2, 0) is 29.5 Å². The molecule has 42 heavy (non-hydrogen) atoms. The van der Waals surface area contributed by atoms with Crippen molar-refractivity contribution >= 4 is 36.4 Å². The fourth-order valence-electron chi connectivity index (χ4n) is 5.03. The van der Waals surface area contributed by atoms with Gasteiger partial charge in [0.15, 0.2) is 17.0 Å². The fraction of sp³-hybridized carbons (Fsp3) is 0.571. The van der Waals surface area contributed by atoms with Crippen molar-refractivity contribution < 1.29 is 27.7 Å². The summed E-state index contributed by atoms with van der Waals surface area (Å²) in [6, 6.07) is 8.06. The van der Waals surface area contributed by atoms with Gasteiger partial charge in [-0.25, -0.2) is 14.5 Å². The minimum Gasteiger partial charge on any atom is -0.462 e. The Kier molecular flexibility index (Phi) is 9.87. The molecule has 1 unspecified atom stereocenters. The Morgan fingerprint density at radius 1 is 1.31 bits per heavy atom. The molecule has 3 heterocycles. The number of ether oxygens (including phenoxy) is 2. The molecule has 1 aromatic carbocycles. The normalized spacial score (nSPS) is 22.8. The van der Waals surface area contributed by atoms with Crippen LogP contribution in [0.5, 0.6) is 0 Å². The molecule has 0 amide bonds. The van der Waals surface area contributed by atoms with Gasteiger partial charge in [-0.2, -0.15) is 9.97 Å². The SMILES string of the molecule is CCCN(C)c1nc(N)nc2c1ncn2[C@@H]1O[C@](F)(COP(=O)(Cc2ccccc2)N[C@@H](C)C(=O)OC(C)C)C[C@@H]1C. The van der Waals surface area contributed by atoms with Gasteiger partial charge in [-0.1, -0.05) is 44.2 Å². The zero-order chi connectivity index (χ0) is 30.7. The van der Waals surface area contributed by atoms with E-state index in [1.54, 1.807) is 49.0 Å². The first-order chi connectivity index (χ1) is 19.8. The standard InChI is InChI=1S/C28H41FN7O5P/c1-7-13-35(6)23-22-24(33-27(30)32-23)36(17-31-22)25-19(4)14-28(29,41-25)16-39-42(38,15-21-11-9-8-10-12-21)34-20(5)26(37)40-18(2)3/h8-12,17-20,25H,7,13-16H2,1-6H3,(H,34,38)(H2,30,32,33)/t19-,20-,25+,28-,42?/m0/s1. The van der Waals surface area contributed by atoms with E-state index < -0.39 is 38.2 Å². The average molecular weight is 606 g/mol. The molecule has 0 saturated carbocycles. The maximum atomic E-state index is 16.2. The lowest BCUT2D eigenvalue weighted by Gasteiger charge is -2.27. The molecule has 230 valence electrons. The first-order valence-electron chi connectivity index (χ1n) is 14.2. The van der Waals surface area contributed by atoms with Crippen LogP contribution in [0.25, 0.3) is 11.2 Å². The lowest BCUT2D eigenvalue weighted by Crippen LogP contribution is -2.37. The number of aromatic nitrogens is 4. The molecule has 14 heteroatoms. The molecule has 0 aliphatic carbocycles. The van der Waals surface area contributed by atoms with E-state index in [0.29, 0.717) is 22.5 Å². The van der Waals surface area contributed by atoms with Crippen LogP contribution in [0.3, 0.4) is 0 Å². The van der Waals surface area contributed by atoms with Crippen molar-refractivity contribution in [2.75, 3.05) is 30.8 Å². The minimum absolute atomic E-state index is 0.0310. The van der Waals surface area contributed by atoms with Crippen LogP contribution >= 0.6 is 7.52 Å². The minimum atomic E-state index is -3.79. The second-order valence-corrected chi connectivity index (χ2v) is 13.3. The van der Waals surface area contributed by atoms with E-state index in [-0.39, 0.29) is 30.6 Å². The Balaban J connectivity index is 1.54. The van der Waals surface area contributed by atoms with E-state index in [9.17, 15) is 9.36 Å². The van der Waals surface area contributed by atoms with Gasteiger partial charge >= 0.3 is 5.97 Å². The molecular weight excluding hydrogens is 564 g/mol. The summed E-state index contributed by atoms with van der Waals surface area (Å²) >= 11 is 0. The van der Waals surface area contributed by atoms with Crippen LogP contribution < -0.4 is 15.7 Å². The number of rotatable bonds is 13. The molecule has 1 aliphatic heterocycles. The van der Waals surface area contributed by atoms with Crippen molar-refractivity contribution in [2.45, 2.75) is 77.9 Å². The van der Waals surface area contributed by atoms with E-state index in [4.69, 9.17) is 19.7 Å². The third-order valence-electron chi connectivity index (χ3n) is 6.88. The van der Waals surface area contributed by atoms with E-state index in [1.807, 2.05) is 24.9 Å². The second-order valence-electron chi connectivity index (χ2n) is 11.2. The van der Waals surface area contributed by atoms with Crippen molar-refractivity contribution in [3.8, 4) is 0 Å². The van der Waals surface area contributed by atoms with Gasteiger partial charge in [-0.15, -0.1) is 0 Å². The summed E-state index contributed by atoms with van der Waals surface area (Å²) in [6.45, 7) is 9.00. The van der Waals surface area contributed by atoms with Crippen LogP contribution in [0.1, 0.15) is 59.3 Å². The summed E-state index contributed by atoms with van der Waals surface area (Å²) in [6.07, 6.45) is 1.23. The third-order valence-corrected chi connectivity index (χ3v) is 8.99. The molecule has 5 atom stereocenters. The number of nitrogens with one attached hydrogen (secondary N) is 1. The van der Waals surface area contributed by atoms with Crippen LogP contribution in [0, 0.1) is 5.92 Å². The molecule has 2 aromatic heterocycles. The van der Waals surface area contributed by atoms with Gasteiger partial charge < -0.3 is 24.6 Å². The third kappa shape index (κ3) is 7.44. The highest BCUT2D eigenvalue weighted by Gasteiger charge is 2.48. The number of hydrogen-bond acceptors (Lipinski definition) is 10. The number of nitrogen functional groups attached to an aromatic ring is 1. The number of carbonyl (C=O) groups excluding carboxylic acids is 1. The van der Waals surface area contributed by atoms with Gasteiger partial charge in [0.05, 0.1) is 18.6 Å². The van der Waals surface area contributed by atoms with Crippen LogP contribution in [0.2, 0.25) is 0 Å². The first kappa shape index (κ1) is 31.8. The number of carbonyl (C=O) groups is 1. The number of fused-ring (bicyclic) bond motifs is 1. The highest BCUT2D eigenvalue weighted by Crippen LogP contribution is 2.50. The quantitative estimate of drug-likeness (QED) is 0.204. The Hall–Kier alpha value is -3.12. The van der Waals surface area contributed by atoms with Crippen molar-refractivity contribution in [2.24, 2.45) is 5.92 Å². The number of alkyl halides is 1. The van der Waals surface area contributed by atoms with Gasteiger partial charge in [0.25, 0.3) is 7.52 Å². The predicted molar refractivity (Wildman–Crippen MR) is 159 cm³/mol. The maximum Gasteiger partial charge on any atom is 0.323 e. The summed E-state index contributed by atoms with van der Waals surface area (Å²) in [5.41, 5.74) is 7.68. The van der Waals surface area contributed by atoms with Crippen molar-refractivity contribution in [3.63, 3.8) is 0 Å². The van der Waals surface area contributed by atoms with Gasteiger partial charge in [-0.05, 0) is 32.8 Å². The largest absolute Gasteiger partial charge is 0.462 e. The average Bonchev–Trinajstić information content (AvgIpc) is 3.47. The summed E-state index contributed by atoms with van der Waals surface area (Å²) < 4.78 is 48.9. The summed E-state index contributed by atoms with van der Waals surface area (Å²) in [7, 11) is -1.90. The highest BCUT2D eigenvalue weighted by atomic mass is 31.2. The van der Waals surface area contributed by atoms with Crippen LogP contribution in [0.4, 0.5) is 16.2 Å². The highest BCUT2D eigenvalue weighted by molar-refractivity contribution is 7.56. The van der Waals surface area contributed by atoms with Gasteiger partial charge in [0, 0.05) is 25.9 Å². The smallest absolute Gasteiger partial charge is 0.323 e. The number of nitrogens with two attached hydrogens (primary N) is 1. The van der Waals surface area contributed by atoms with E-state index in [1.165, 1.54) is 6.92 Å². The molecule has 4 rings (SSSR count). The summed E-state index contributed by atoms with van der Waals surface area (Å²) in [5.74, 6) is -2.51. The van der Waals surface area contributed by atoms with Gasteiger partial charge in [0.1, 0.15) is 18.9 Å². The number of imidazole rings is 1. The molecule has 0 radical (unpaired) electrons. The van der Waals surface area contributed by atoms with Gasteiger partial charge in [-0.3, -0.25) is 13.9 Å². The zero-order valence-corrected chi connectivity index (χ0v) is 25.9. The molecule has 1 saturated heterocycles. The van der Waals surface area contributed by atoms with E-state index in [2.05, 4.69) is 27.0 Å². The van der Waals surface area contributed by atoms with Crippen molar-refractivity contribution in [3.05, 3.63) is 42.2 Å². The summed E-state index contributed by atoms with van der Waals surface area (Å²) in [5, 5.41) is 2.78. The molecule has 3 N–H and O–H groups in total. The number of benzene rings is 1. The molecule has 3 aromatic rings. The van der Waals surface area contributed by atoms with E-state index in [0.717, 1.165) is 13.0 Å². The molecule has 12 nitrogen and oxygen atoms in total. The Bertz CT molecular complexity index is 1420. The Morgan fingerprint density at radius 2 is 2.02 bits per heavy atom. The second kappa shape index (κ2) is 13.0. The Morgan fingerprint density at radius 3 is 2.69 bits per heavy atom. The monoisotopic (exact) mass is 605 g/mol. The van der Waals surface area contributed by atoms with E-state index >= 15 is 4.39 Å². The number of halogens is 1. The number of nitrogens with zero attached hydrogens (tertiary/aromatic N) is 5. The molecular formula is C28H41FN7O5P. The van der Waals surface area contributed by atoms with Crippen molar-refractivity contribution in [1.29, 1.82) is 0 Å². The fourth-order valence-corrected chi connectivity index (χ4v) is 7.08. The lowest BCUT2D eigenvalue weighted by molar-refractivity contribution is -0.172. The summed E-state index contributed by atoms with van der Waals surface area (Å²) in [4.78, 5) is 27.6. The maximum absolute atomic E-state index is 16.2. The predicted octanol–water partition coefficient (Wildman–Crippen LogP) is 4.82. The number of hydrogen-bond donors (Lipinski definition) is 2. The first-order valence-corrected chi connectivity index (χ1v) is 16.0. The topological polar surface area (TPSA) is 147 Å². The number of esters is 1. The van der Waals surface area contributed by atoms with Crippen LogP contribution in [0.15, 0.2) is 36.7 Å². The zero-order valence-electron chi connectivity index (χ0n) is 25.0. The Labute approximate surface area is 245 Å². The molecule has 0 bridgehead atoms. The van der Waals surface area contributed by atoms with Crippen LogP contribution in [-0.4, -0.2) is 63.7 Å². The number of anilines is 2. The molecule has 1 aliphatic rings. The molecule has 0 spiro atoms.